The van der Waals surface area contributed by atoms with Crippen LogP contribution in [0.1, 0.15) is 47.0 Å². The summed E-state index contributed by atoms with van der Waals surface area (Å²) in [7, 11) is 2.20. The normalized spacial score (nSPS) is 12.9. The van der Waals surface area contributed by atoms with Crippen LogP contribution in [0.5, 0.6) is 0 Å². The third-order valence-corrected chi connectivity index (χ3v) is 3.06. The highest BCUT2D eigenvalue weighted by Crippen LogP contribution is 2.17. The molecule has 0 aromatic carbocycles. The third-order valence-electron chi connectivity index (χ3n) is 3.06. The Morgan fingerprint density at radius 1 is 1.29 bits per heavy atom. The molecule has 0 saturated carbocycles. The van der Waals surface area contributed by atoms with Gasteiger partial charge in [-0.3, -0.25) is 0 Å². The van der Waals surface area contributed by atoms with Crippen molar-refractivity contribution in [1.82, 2.24) is 4.90 Å². The Bertz CT molecular complexity index is 141. The maximum absolute atomic E-state index is 5.60. The molecule has 0 saturated heterocycles. The summed E-state index contributed by atoms with van der Waals surface area (Å²) in [5.41, 5.74) is 5.86. The van der Waals surface area contributed by atoms with E-state index in [2.05, 4.69) is 39.6 Å². The van der Waals surface area contributed by atoms with Crippen molar-refractivity contribution in [3.05, 3.63) is 0 Å². The van der Waals surface area contributed by atoms with Crippen LogP contribution in [0.15, 0.2) is 0 Å². The molecule has 0 aliphatic heterocycles. The van der Waals surface area contributed by atoms with Crippen LogP contribution in [0.2, 0.25) is 0 Å². The summed E-state index contributed by atoms with van der Waals surface area (Å²) in [6, 6.07) is 0. The van der Waals surface area contributed by atoms with E-state index >= 15 is 0 Å². The highest BCUT2D eigenvalue weighted by molar-refractivity contribution is 4.79. The van der Waals surface area contributed by atoms with Crippen LogP contribution < -0.4 is 5.73 Å². The maximum Gasteiger partial charge on any atom is 0.0162 e. The van der Waals surface area contributed by atoms with Gasteiger partial charge in [0, 0.05) is 5.54 Å². The van der Waals surface area contributed by atoms with Crippen molar-refractivity contribution < 1.29 is 0 Å². The van der Waals surface area contributed by atoms with E-state index in [0.29, 0.717) is 0 Å². The molecule has 0 radical (unpaired) electrons. The molecule has 0 unspecified atom stereocenters. The van der Waals surface area contributed by atoms with E-state index in [0.717, 1.165) is 18.9 Å². The van der Waals surface area contributed by atoms with Crippen LogP contribution in [0.3, 0.4) is 0 Å². The van der Waals surface area contributed by atoms with E-state index in [1.165, 1.54) is 19.4 Å². The molecule has 0 amide bonds. The van der Waals surface area contributed by atoms with Gasteiger partial charge in [0.1, 0.15) is 0 Å². The zero-order valence-corrected chi connectivity index (χ0v) is 10.6. The van der Waals surface area contributed by atoms with Crippen LogP contribution in [0.25, 0.3) is 0 Å². The van der Waals surface area contributed by atoms with Gasteiger partial charge < -0.3 is 10.6 Å². The Kier molecular flexibility index (Phi) is 6.38. The summed E-state index contributed by atoms with van der Waals surface area (Å²) >= 11 is 0. The summed E-state index contributed by atoms with van der Waals surface area (Å²) in [6.07, 6.45) is 3.69. The molecule has 0 spiro atoms. The summed E-state index contributed by atoms with van der Waals surface area (Å²) in [4.78, 5) is 2.43. The fourth-order valence-corrected chi connectivity index (χ4v) is 1.58. The molecule has 0 aromatic rings. The second-order valence-electron chi connectivity index (χ2n) is 5.31. The third kappa shape index (κ3) is 5.61. The lowest BCUT2D eigenvalue weighted by molar-refractivity contribution is 0.144. The largest absolute Gasteiger partial charge is 0.330 e. The Morgan fingerprint density at radius 3 is 2.29 bits per heavy atom. The van der Waals surface area contributed by atoms with Gasteiger partial charge in [0.2, 0.25) is 0 Å². The molecule has 0 rings (SSSR count). The number of hydrogen-bond acceptors (Lipinski definition) is 2. The molecule has 2 nitrogen and oxygen atoms in total. The molecule has 0 bridgehead atoms. The summed E-state index contributed by atoms with van der Waals surface area (Å²) < 4.78 is 0. The zero-order chi connectivity index (χ0) is 11.2. The second kappa shape index (κ2) is 6.41. The molecule has 0 aliphatic rings. The first kappa shape index (κ1) is 13.9. The van der Waals surface area contributed by atoms with Crippen LogP contribution in [0.4, 0.5) is 0 Å². The van der Waals surface area contributed by atoms with Gasteiger partial charge in [0.15, 0.2) is 0 Å². The minimum atomic E-state index is 0.256. The standard InChI is InChI=1S/C12H28N2/c1-11(2)7-6-10-14(5)12(3,4)8-9-13/h11H,6-10,13H2,1-5H3. The quantitative estimate of drug-likeness (QED) is 0.684. The first-order valence-electron chi connectivity index (χ1n) is 5.81. The van der Waals surface area contributed by atoms with Crippen LogP contribution in [-0.4, -0.2) is 30.6 Å². The summed E-state index contributed by atoms with van der Waals surface area (Å²) in [5, 5.41) is 0. The fraction of sp³-hybridized carbons (Fsp3) is 1.00. The van der Waals surface area contributed by atoms with Crippen molar-refractivity contribution in [2.75, 3.05) is 20.1 Å². The first-order chi connectivity index (χ1) is 6.40. The number of hydrogen-bond donors (Lipinski definition) is 1. The molecule has 0 atom stereocenters. The Balaban J connectivity index is 3.76. The van der Waals surface area contributed by atoms with Crippen molar-refractivity contribution >= 4 is 0 Å². The van der Waals surface area contributed by atoms with Crippen molar-refractivity contribution in [1.29, 1.82) is 0 Å². The van der Waals surface area contributed by atoms with Crippen molar-refractivity contribution in [2.45, 2.75) is 52.5 Å². The highest BCUT2D eigenvalue weighted by Gasteiger charge is 2.21. The second-order valence-corrected chi connectivity index (χ2v) is 5.31. The lowest BCUT2D eigenvalue weighted by Crippen LogP contribution is -2.43. The molecule has 0 fully saturated rings. The van der Waals surface area contributed by atoms with Gasteiger partial charge in [-0.2, -0.15) is 0 Å². The molecule has 2 N–H and O–H groups in total. The average molecular weight is 200 g/mol. The summed E-state index contributed by atoms with van der Waals surface area (Å²) in [6.45, 7) is 11.1. The van der Waals surface area contributed by atoms with E-state index < -0.39 is 0 Å². The van der Waals surface area contributed by atoms with Gasteiger partial charge in [-0.25, -0.2) is 0 Å². The van der Waals surface area contributed by atoms with E-state index in [-0.39, 0.29) is 5.54 Å². The Labute approximate surface area is 89.9 Å². The van der Waals surface area contributed by atoms with Gasteiger partial charge in [-0.15, -0.1) is 0 Å². The molecule has 14 heavy (non-hydrogen) atoms. The number of nitrogens with zero attached hydrogens (tertiary/aromatic N) is 1. The zero-order valence-electron chi connectivity index (χ0n) is 10.6. The van der Waals surface area contributed by atoms with Crippen LogP contribution in [-0.2, 0) is 0 Å². The molecular formula is C12H28N2. The predicted molar refractivity (Wildman–Crippen MR) is 64.5 cm³/mol. The average Bonchev–Trinajstić information content (AvgIpc) is 2.03. The number of rotatable bonds is 7. The molecule has 0 aromatic heterocycles. The van der Waals surface area contributed by atoms with Crippen molar-refractivity contribution in [2.24, 2.45) is 11.7 Å². The minimum absolute atomic E-state index is 0.256. The smallest absolute Gasteiger partial charge is 0.0162 e. The Hall–Kier alpha value is -0.0800. The summed E-state index contributed by atoms with van der Waals surface area (Å²) in [5.74, 6) is 0.820. The monoisotopic (exact) mass is 200 g/mol. The lowest BCUT2D eigenvalue weighted by Gasteiger charge is -2.35. The topological polar surface area (TPSA) is 29.3 Å². The van der Waals surface area contributed by atoms with E-state index in [9.17, 15) is 0 Å². The lowest BCUT2D eigenvalue weighted by atomic mass is 9.98. The van der Waals surface area contributed by atoms with Crippen molar-refractivity contribution in [3.63, 3.8) is 0 Å². The molecule has 86 valence electrons. The Morgan fingerprint density at radius 2 is 1.86 bits per heavy atom. The number of nitrogens with two attached hydrogens (primary N) is 1. The van der Waals surface area contributed by atoms with Gasteiger partial charge in [0.25, 0.3) is 0 Å². The van der Waals surface area contributed by atoms with Crippen molar-refractivity contribution in [3.8, 4) is 0 Å². The SMILES string of the molecule is CC(C)CCCN(C)C(C)(C)CCN. The molecule has 2 heteroatoms. The van der Waals surface area contributed by atoms with Gasteiger partial charge in [0.05, 0.1) is 0 Å². The molecule has 0 heterocycles. The van der Waals surface area contributed by atoms with Crippen LogP contribution >= 0.6 is 0 Å². The van der Waals surface area contributed by atoms with E-state index in [1.807, 2.05) is 0 Å². The van der Waals surface area contributed by atoms with Gasteiger partial charge in [-0.1, -0.05) is 13.8 Å². The van der Waals surface area contributed by atoms with Crippen LogP contribution in [0, 0.1) is 5.92 Å². The van der Waals surface area contributed by atoms with Gasteiger partial charge >= 0.3 is 0 Å². The fourth-order valence-electron chi connectivity index (χ4n) is 1.58. The minimum Gasteiger partial charge on any atom is -0.330 e. The first-order valence-corrected chi connectivity index (χ1v) is 5.81. The maximum atomic E-state index is 5.60. The van der Waals surface area contributed by atoms with E-state index in [4.69, 9.17) is 5.73 Å². The van der Waals surface area contributed by atoms with E-state index in [1.54, 1.807) is 0 Å². The molecule has 0 aliphatic carbocycles. The predicted octanol–water partition coefficient (Wildman–Crippen LogP) is 2.48. The molecular weight excluding hydrogens is 172 g/mol. The highest BCUT2D eigenvalue weighted by atomic mass is 15.2. The van der Waals surface area contributed by atoms with Gasteiger partial charge in [-0.05, 0) is 59.2 Å².